The minimum Gasteiger partial charge on any atom is -0.507 e. The van der Waals surface area contributed by atoms with Gasteiger partial charge in [0.2, 0.25) is 0 Å². The number of alkyl halides is 3. The van der Waals surface area contributed by atoms with Crippen molar-refractivity contribution in [2.75, 3.05) is 6.54 Å². The zero-order valence-electron chi connectivity index (χ0n) is 9.84. The van der Waals surface area contributed by atoms with Crippen LogP contribution in [-0.2, 0) is 0 Å². The van der Waals surface area contributed by atoms with Gasteiger partial charge in [-0.2, -0.15) is 13.2 Å². The average molecular weight is 261 g/mol. The maximum absolute atomic E-state index is 11.9. The Morgan fingerprint density at radius 1 is 1.39 bits per heavy atom. The van der Waals surface area contributed by atoms with Crippen LogP contribution in [0.3, 0.4) is 0 Å². The number of halogens is 3. The number of amides is 1. The van der Waals surface area contributed by atoms with Crippen LogP contribution < -0.4 is 5.32 Å². The molecule has 1 aromatic rings. The Kier molecular flexibility index (Phi) is 4.58. The molecule has 0 saturated carbocycles. The molecular weight excluding hydrogens is 247 g/mol. The Morgan fingerprint density at radius 2 is 2.06 bits per heavy atom. The van der Waals surface area contributed by atoms with Gasteiger partial charge in [0, 0.05) is 13.0 Å². The number of phenolic OH excluding ortho intramolecular Hbond substituents is 1. The minimum absolute atomic E-state index is 0.0713. The van der Waals surface area contributed by atoms with Crippen LogP contribution in [0, 0.1) is 6.92 Å². The van der Waals surface area contributed by atoms with Crippen LogP contribution in [0.1, 0.15) is 28.8 Å². The second kappa shape index (κ2) is 5.75. The Labute approximate surface area is 103 Å². The molecule has 1 amide bonds. The van der Waals surface area contributed by atoms with Crippen LogP contribution >= 0.6 is 0 Å². The molecule has 0 unspecified atom stereocenters. The first-order chi connectivity index (χ1) is 8.29. The number of phenols is 1. The summed E-state index contributed by atoms with van der Waals surface area (Å²) in [5, 5.41) is 11.8. The summed E-state index contributed by atoms with van der Waals surface area (Å²) in [6.07, 6.45) is -5.33. The summed E-state index contributed by atoms with van der Waals surface area (Å²) in [5.41, 5.74) is 0.857. The molecule has 0 atom stereocenters. The van der Waals surface area contributed by atoms with E-state index in [9.17, 15) is 23.1 Å². The van der Waals surface area contributed by atoms with Gasteiger partial charge in [-0.1, -0.05) is 11.6 Å². The van der Waals surface area contributed by atoms with Crippen LogP contribution in [-0.4, -0.2) is 23.7 Å². The van der Waals surface area contributed by atoms with Crippen molar-refractivity contribution in [3.05, 3.63) is 29.3 Å². The van der Waals surface area contributed by atoms with Crippen LogP contribution in [0.2, 0.25) is 0 Å². The summed E-state index contributed by atoms with van der Waals surface area (Å²) in [4.78, 5) is 11.6. The topological polar surface area (TPSA) is 49.3 Å². The Morgan fingerprint density at radius 3 is 2.67 bits per heavy atom. The lowest BCUT2D eigenvalue weighted by molar-refractivity contribution is -0.135. The van der Waals surface area contributed by atoms with Gasteiger partial charge in [-0.3, -0.25) is 4.79 Å². The van der Waals surface area contributed by atoms with E-state index in [1.165, 1.54) is 12.1 Å². The molecule has 0 aliphatic carbocycles. The molecule has 0 bridgehead atoms. The SMILES string of the molecule is Cc1ccc(O)c(C(=O)NCCCC(F)(F)F)c1. The van der Waals surface area contributed by atoms with E-state index in [-0.39, 0.29) is 24.3 Å². The third kappa shape index (κ3) is 4.65. The van der Waals surface area contributed by atoms with E-state index in [2.05, 4.69) is 5.32 Å². The fourth-order valence-electron chi connectivity index (χ4n) is 1.42. The molecule has 0 heterocycles. The summed E-state index contributed by atoms with van der Waals surface area (Å²) < 4.78 is 35.6. The number of aryl methyl sites for hydroxylation is 1. The van der Waals surface area contributed by atoms with Gasteiger partial charge in [-0.05, 0) is 25.5 Å². The van der Waals surface area contributed by atoms with Crippen molar-refractivity contribution in [3.8, 4) is 5.75 Å². The van der Waals surface area contributed by atoms with Gasteiger partial charge in [0.25, 0.3) is 5.91 Å². The zero-order valence-corrected chi connectivity index (χ0v) is 9.84. The van der Waals surface area contributed by atoms with Crippen molar-refractivity contribution in [3.63, 3.8) is 0 Å². The van der Waals surface area contributed by atoms with Crippen molar-refractivity contribution in [2.45, 2.75) is 25.9 Å². The lowest BCUT2D eigenvalue weighted by Crippen LogP contribution is -2.25. The average Bonchev–Trinajstić information content (AvgIpc) is 2.26. The molecular formula is C12H14F3NO2. The molecule has 3 nitrogen and oxygen atoms in total. The lowest BCUT2D eigenvalue weighted by Gasteiger charge is -2.09. The van der Waals surface area contributed by atoms with E-state index in [0.29, 0.717) is 0 Å². The number of aromatic hydroxyl groups is 1. The van der Waals surface area contributed by atoms with E-state index >= 15 is 0 Å². The maximum Gasteiger partial charge on any atom is 0.389 e. The molecule has 0 aliphatic rings. The molecule has 18 heavy (non-hydrogen) atoms. The number of hydrogen-bond acceptors (Lipinski definition) is 2. The van der Waals surface area contributed by atoms with Gasteiger partial charge < -0.3 is 10.4 Å². The Balaban J connectivity index is 2.48. The molecule has 100 valence electrons. The van der Waals surface area contributed by atoms with E-state index in [0.717, 1.165) is 5.56 Å². The lowest BCUT2D eigenvalue weighted by atomic mass is 10.1. The van der Waals surface area contributed by atoms with Crippen molar-refractivity contribution in [2.24, 2.45) is 0 Å². The van der Waals surface area contributed by atoms with Gasteiger partial charge in [-0.25, -0.2) is 0 Å². The predicted molar refractivity (Wildman–Crippen MR) is 60.5 cm³/mol. The quantitative estimate of drug-likeness (QED) is 0.819. The second-order valence-electron chi connectivity index (χ2n) is 4.00. The number of rotatable bonds is 4. The molecule has 1 rings (SSSR count). The normalized spacial score (nSPS) is 11.3. The highest BCUT2D eigenvalue weighted by atomic mass is 19.4. The first-order valence-electron chi connectivity index (χ1n) is 5.44. The summed E-state index contributed by atoms with van der Waals surface area (Å²) in [7, 11) is 0. The zero-order chi connectivity index (χ0) is 13.8. The molecule has 0 aliphatic heterocycles. The van der Waals surface area contributed by atoms with Crippen molar-refractivity contribution < 1.29 is 23.1 Å². The fourth-order valence-corrected chi connectivity index (χ4v) is 1.42. The first-order valence-corrected chi connectivity index (χ1v) is 5.44. The number of hydrogen-bond donors (Lipinski definition) is 2. The number of nitrogens with one attached hydrogen (secondary N) is 1. The third-order valence-corrected chi connectivity index (χ3v) is 2.32. The van der Waals surface area contributed by atoms with Crippen LogP contribution in [0.25, 0.3) is 0 Å². The second-order valence-corrected chi connectivity index (χ2v) is 4.00. The predicted octanol–water partition coefficient (Wildman–Crippen LogP) is 2.77. The highest BCUT2D eigenvalue weighted by Gasteiger charge is 2.26. The summed E-state index contributed by atoms with van der Waals surface area (Å²) in [5.74, 6) is -0.757. The monoisotopic (exact) mass is 261 g/mol. The molecule has 0 spiro atoms. The fraction of sp³-hybridized carbons (Fsp3) is 0.417. The molecule has 0 fully saturated rings. The standard InChI is InChI=1S/C12H14F3NO2/c1-8-3-4-10(17)9(7-8)11(18)16-6-2-5-12(13,14)15/h3-4,7,17H,2,5-6H2,1H3,(H,16,18). The summed E-state index contributed by atoms with van der Waals surface area (Å²) >= 11 is 0. The van der Waals surface area contributed by atoms with Gasteiger partial charge in [0.1, 0.15) is 5.75 Å². The number of carbonyl (C=O) groups excluding carboxylic acids is 1. The van der Waals surface area contributed by atoms with E-state index in [1.54, 1.807) is 13.0 Å². The summed E-state index contributed by atoms with van der Waals surface area (Å²) in [6, 6.07) is 4.49. The van der Waals surface area contributed by atoms with Crippen molar-refractivity contribution >= 4 is 5.91 Å². The molecule has 6 heteroatoms. The van der Waals surface area contributed by atoms with Crippen LogP contribution in [0.4, 0.5) is 13.2 Å². The van der Waals surface area contributed by atoms with Crippen molar-refractivity contribution in [1.82, 2.24) is 5.32 Å². The smallest absolute Gasteiger partial charge is 0.389 e. The first kappa shape index (κ1) is 14.3. The van der Waals surface area contributed by atoms with E-state index in [1.807, 2.05) is 0 Å². The minimum atomic E-state index is -4.21. The molecule has 0 saturated heterocycles. The number of carbonyl (C=O) groups is 1. The highest BCUT2D eigenvalue weighted by Crippen LogP contribution is 2.21. The van der Waals surface area contributed by atoms with Gasteiger partial charge in [0.15, 0.2) is 0 Å². The molecule has 1 aromatic carbocycles. The van der Waals surface area contributed by atoms with E-state index in [4.69, 9.17) is 0 Å². The molecule has 0 aromatic heterocycles. The van der Waals surface area contributed by atoms with Crippen molar-refractivity contribution in [1.29, 1.82) is 0 Å². The third-order valence-electron chi connectivity index (χ3n) is 2.32. The van der Waals surface area contributed by atoms with Gasteiger partial charge in [0.05, 0.1) is 5.56 Å². The maximum atomic E-state index is 11.9. The molecule has 0 radical (unpaired) electrons. The number of benzene rings is 1. The Hall–Kier alpha value is -1.72. The summed E-state index contributed by atoms with van der Waals surface area (Å²) in [6.45, 7) is 1.67. The van der Waals surface area contributed by atoms with E-state index < -0.39 is 18.5 Å². The van der Waals surface area contributed by atoms with Crippen LogP contribution in [0.15, 0.2) is 18.2 Å². The largest absolute Gasteiger partial charge is 0.507 e. The molecule has 2 N–H and O–H groups in total. The van der Waals surface area contributed by atoms with Crippen LogP contribution in [0.5, 0.6) is 5.75 Å². The highest BCUT2D eigenvalue weighted by molar-refractivity contribution is 5.96. The van der Waals surface area contributed by atoms with Gasteiger partial charge in [-0.15, -0.1) is 0 Å². The Bertz CT molecular complexity index is 430. The van der Waals surface area contributed by atoms with Gasteiger partial charge >= 0.3 is 6.18 Å².